The lowest BCUT2D eigenvalue weighted by molar-refractivity contribution is 0.317. The molecule has 0 saturated heterocycles. The van der Waals surface area contributed by atoms with Gasteiger partial charge in [0.15, 0.2) is 0 Å². The maximum atomic E-state index is 3.61. The minimum atomic E-state index is 0.686. The van der Waals surface area contributed by atoms with Crippen molar-refractivity contribution >= 4 is 0 Å². The molecule has 0 aromatic carbocycles. The molecule has 0 saturated carbocycles. The lowest BCUT2D eigenvalue weighted by Gasteiger charge is -2.19. The smallest absolute Gasteiger partial charge is 0.0104 e. The zero-order chi connectivity index (χ0) is 12.2. The van der Waals surface area contributed by atoms with Gasteiger partial charge in [0.2, 0.25) is 0 Å². The molecule has 0 radical (unpaired) electrons. The molecule has 1 N–H and O–H groups in total. The van der Waals surface area contributed by atoms with Crippen molar-refractivity contribution in [3.05, 3.63) is 0 Å². The first kappa shape index (κ1) is 15.9. The van der Waals surface area contributed by atoms with Gasteiger partial charge in [0.05, 0.1) is 0 Å². The zero-order valence-electron chi connectivity index (χ0n) is 11.9. The van der Waals surface area contributed by atoms with Crippen LogP contribution in [0.25, 0.3) is 0 Å². The van der Waals surface area contributed by atoms with Gasteiger partial charge in [-0.1, -0.05) is 39.5 Å². The maximum absolute atomic E-state index is 3.61. The van der Waals surface area contributed by atoms with E-state index in [0.717, 1.165) is 6.54 Å². The molecule has 0 bridgehead atoms. The Balaban J connectivity index is 3.28. The Labute approximate surface area is 103 Å². The highest BCUT2D eigenvalue weighted by Gasteiger charge is 2.01. The van der Waals surface area contributed by atoms with Crippen molar-refractivity contribution in [1.29, 1.82) is 0 Å². The highest BCUT2D eigenvalue weighted by atomic mass is 15.1. The van der Waals surface area contributed by atoms with Crippen LogP contribution in [0, 0.1) is 0 Å². The highest BCUT2D eigenvalue weighted by Crippen LogP contribution is 2.02. The fraction of sp³-hybridized carbons (Fsp3) is 1.00. The Kier molecular flexibility index (Phi) is 11.3. The Hall–Kier alpha value is -0.0800. The Morgan fingerprint density at radius 1 is 1.00 bits per heavy atom. The maximum Gasteiger partial charge on any atom is 0.0104 e. The topological polar surface area (TPSA) is 15.3 Å². The van der Waals surface area contributed by atoms with Gasteiger partial charge in [-0.3, -0.25) is 0 Å². The number of rotatable bonds is 11. The Morgan fingerprint density at radius 3 is 2.31 bits per heavy atom. The van der Waals surface area contributed by atoms with Crippen LogP contribution in [0.15, 0.2) is 0 Å². The summed E-state index contributed by atoms with van der Waals surface area (Å²) in [6.45, 7) is 10.4. The van der Waals surface area contributed by atoms with Crippen molar-refractivity contribution in [3.8, 4) is 0 Å². The summed E-state index contributed by atoms with van der Waals surface area (Å²) < 4.78 is 0. The van der Waals surface area contributed by atoms with Crippen LogP contribution in [-0.4, -0.2) is 37.6 Å². The van der Waals surface area contributed by atoms with E-state index in [-0.39, 0.29) is 0 Å². The van der Waals surface area contributed by atoms with Gasteiger partial charge in [-0.25, -0.2) is 0 Å². The summed E-state index contributed by atoms with van der Waals surface area (Å²) in [6.07, 6.45) is 8.02. The van der Waals surface area contributed by atoms with Gasteiger partial charge in [0.25, 0.3) is 0 Å². The van der Waals surface area contributed by atoms with Crippen LogP contribution in [-0.2, 0) is 0 Å². The van der Waals surface area contributed by atoms with E-state index in [1.807, 2.05) is 0 Å². The minimum Gasteiger partial charge on any atom is -0.313 e. The average molecular weight is 228 g/mol. The predicted octanol–water partition coefficient (Wildman–Crippen LogP) is 3.28. The molecule has 98 valence electrons. The molecule has 1 unspecified atom stereocenters. The molecule has 1 atom stereocenters. The van der Waals surface area contributed by atoms with E-state index in [4.69, 9.17) is 0 Å². The molecular weight excluding hydrogens is 196 g/mol. The van der Waals surface area contributed by atoms with Gasteiger partial charge >= 0.3 is 0 Å². The second-order valence-corrected chi connectivity index (χ2v) is 5.01. The predicted molar refractivity (Wildman–Crippen MR) is 74.0 cm³/mol. The van der Waals surface area contributed by atoms with E-state index in [1.54, 1.807) is 0 Å². The van der Waals surface area contributed by atoms with E-state index in [0.29, 0.717) is 6.04 Å². The number of hydrogen-bond acceptors (Lipinski definition) is 2. The number of nitrogens with zero attached hydrogens (tertiary/aromatic N) is 1. The number of likely N-dealkylation sites (N-methyl/N-ethyl adjacent to an activating group) is 1. The molecule has 2 heteroatoms. The molecule has 0 aliphatic carbocycles. The lowest BCUT2D eigenvalue weighted by atomic mass is 10.1. The number of nitrogens with one attached hydrogen (secondary N) is 1. The molecule has 0 aliphatic rings. The van der Waals surface area contributed by atoms with Crippen LogP contribution >= 0.6 is 0 Å². The monoisotopic (exact) mass is 228 g/mol. The normalized spacial score (nSPS) is 13.3. The Morgan fingerprint density at radius 2 is 1.69 bits per heavy atom. The van der Waals surface area contributed by atoms with Gasteiger partial charge in [0.1, 0.15) is 0 Å². The Bertz CT molecular complexity index is 137. The standard InChI is InChI=1S/C14H32N2/c1-5-7-9-10-14(3)15-11-13-16(4)12-8-6-2/h14-15H,5-13H2,1-4H3. The molecule has 0 spiro atoms. The van der Waals surface area contributed by atoms with Gasteiger partial charge in [-0.05, 0) is 33.4 Å². The second kappa shape index (κ2) is 11.4. The van der Waals surface area contributed by atoms with Crippen molar-refractivity contribution in [3.63, 3.8) is 0 Å². The molecule has 0 aromatic heterocycles. The van der Waals surface area contributed by atoms with Crippen LogP contribution in [0.1, 0.15) is 59.3 Å². The molecule has 2 nitrogen and oxygen atoms in total. The minimum absolute atomic E-state index is 0.686. The molecule has 0 heterocycles. The van der Waals surface area contributed by atoms with E-state index in [1.165, 1.54) is 51.6 Å². The summed E-state index contributed by atoms with van der Waals surface area (Å²) in [5, 5.41) is 3.61. The molecular formula is C14H32N2. The van der Waals surface area contributed by atoms with Crippen molar-refractivity contribution in [2.24, 2.45) is 0 Å². The van der Waals surface area contributed by atoms with Crippen molar-refractivity contribution in [2.75, 3.05) is 26.7 Å². The summed E-state index contributed by atoms with van der Waals surface area (Å²) >= 11 is 0. The molecule has 0 rings (SSSR count). The van der Waals surface area contributed by atoms with Crippen LogP contribution in [0.3, 0.4) is 0 Å². The summed E-state index contributed by atoms with van der Waals surface area (Å²) in [4.78, 5) is 2.43. The summed E-state index contributed by atoms with van der Waals surface area (Å²) in [7, 11) is 2.22. The highest BCUT2D eigenvalue weighted by molar-refractivity contribution is 4.62. The number of hydrogen-bond donors (Lipinski definition) is 1. The first-order chi connectivity index (χ1) is 7.70. The van der Waals surface area contributed by atoms with E-state index < -0.39 is 0 Å². The quantitative estimate of drug-likeness (QED) is 0.546. The molecule has 0 aromatic rings. The van der Waals surface area contributed by atoms with Gasteiger partial charge in [-0.2, -0.15) is 0 Å². The largest absolute Gasteiger partial charge is 0.313 e. The third-order valence-electron chi connectivity index (χ3n) is 3.12. The summed E-state index contributed by atoms with van der Waals surface area (Å²) in [6, 6.07) is 0.686. The van der Waals surface area contributed by atoms with Crippen molar-refractivity contribution in [2.45, 2.75) is 65.3 Å². The van der Waals surface area contributed by atoms with E-state index in [9.17, 15) is 0 Å². The fourth-order valence-corrected chi connectivity index (χ4v) is 1.84. The third-order valence-corrected chi connectivity index (χ3v) is 3.12. The third kappa shape index (κ3) is 10.4. The summed E-state index contributed by atoms with van der Waals surface area (Å²) in [5.41, 5.74) is 0. The first-order valence-corrected chi connectivity index (χ1v) is 7.12. The first-order valence-electron chi connectivity index (χ1n) is 7.12. The molecule has 0 fully saturated rings. The number of unbranched alkanes of at least 4 members (excludes halogenated alkanes) is 3. The van der Waals surface area contributed by atoms with Gasteiger partial charge in [-0.15, -0.1) is 0 Å². The van der Waals surface area contributed by atoms with E-state index >= 15 is 0 Å². The van der Waals surface area contributed by atoms with Crippen molar-refractivity contribution < 1.29 is 0 Å². The van der Waals surface area contributed by atoms with Gasteiger partial charge < -0.3 is 10.2 Å². The SMILES string of the molecule is CCCCCC(C)NCCN(C)CCCC. The zero-order valence-corrected chi connectivity index (χ0v) is 11.9. The van der Waals surface area contributed by atoms with Crippen LogP contribution < -0.4 is 5.32 Å². The lowest BCUT2D eigenvalue weighted by Crippen LogP contribution is -2.34. The van der Waals surface area contributed by atoms with Crippen LogP contribution in [0.4, 0.5) is 0 Å². The average Bonchev–Trinajstić information content (AvgIpc) is 2.26. The van der Waals surface area contributed by atoms with Crippen LogP contribution in [0.2, 0.25) is 0 Å². The fourth-order valence-electron chi connectivity index (χ4n) is 1.84. The molecule has 0 aliphatic heterocycles. The molecule has 0 amide bonds. The van der Waals surface area contributed by atoms with Crippen molar-refractivity contribution in [1.82, 2.24) is 10.2 Å². The van der Waals surface area contributed by atoms with Crippen LogP contribution in [0.5, 0.6) is 0 Å². The second-order valence-electron chi connectivity index (χ2n) is 5.01. The van der Waals surface area contributed by atoms with Gasteiger partial charge in [0, 0.05) is 19.1 Å². The summed E-state index contributed by atoms with van der Waals surface area (Å²) in [5.74, 6) is 0. The molecule has 16 heavy (non-hydrogen) atoms. The van der Waals surface area contributed by atoms with E-state index in [2.05, 4.69) is 38.0 Å².